The number of aromatic nitrogens is 1. The average molecular weight is 319 g/mol. The number of fused-ring (bicyclic) bond motifs is 2. The number of benzene rings is 3. The van der Waals surface area contributed by atoms with Gasteiger partial charge in [0.1, 0.15) is 5.75 Å². The Kier molecular flexibility index (Phi) is 3.40. The van der Waals surface area contributed by atoms with Crippen molar-refractivity contribution in [2.45, 2.75) is 0 Å². The molecular formula is C18H13N3OS. The maximum absolute atomic E-state index is 10.1. The number of hydrogen-bond donors (Lipinski definition) is 2. The Hall–Kier alpha value is -2.92. The Bertz CT molecular complexity index is 990. The Labute approximate surface area is 136 Å². The predicted octanol–water partition coefficient (Wildman–Crippen LogP) is 4.60. The topological polar surface area (TPSA) is 57.5 Å². The second-order valence-electron chi connectivity index (χ2n) is 5.11. The Morgan fingerprint density at radius 1 is 1.00 bits per heavy atom. The molecule has 1 heterocycles. The van der Waals surface area contributed by atoms with Crippen LogP contribution in [0, 0.1) is 0 Å². The number of thiazole rings is 1. The number of para-hydroxylation sites is 1. The van der Waals surface area contributed by atoms with Crippen LogP contribution in [-0.4, -0.2) is 16.3 Å². The minimum Gasteiger partial charge on any atom is -0.507 e. The van der Waals surface area contributed by atoms with Crippen LogP contribution in [0.2, 0.25) is 0 Å². The average Bonchev–Trinajstić information content (AvgIpc) is 2.98. The van der Waals surface area contributed by atoms with E-state index in [0.29, 0.717) is 5.56 Å². The van der Waals surface area contributed by atoms with Gasteiger partial charge in [0.05, 0.1) is 16.4 Å². The molecule has 0 spiro atoms. The summed E-state index contributed by atoms with van der Waals surface area (Å²) in [6.07, 6.45) is 1.60. The lowest BCUT2D eigenvalue weighted by Gasteiger charge is -2.02. The van der Waals surface area contributed by atoms with Crippen LogP contribution in [0.15, 0.2) is 65.8 Å². The van der Waals surface area contributed by atoms with Gasteiger partial charge in [-0.05, 0) is 35.0 Å². The van der Waals surface area contributed by atoms with E-state index in [1.165, 1.54) is 0 Å². The van der Waals surface area contributed by atoms with Crippen molar-refractivity contribution in [3.05, 3.63) is 66.2 Å². The summed E-state index contributed by atoms with van der Waals surface area (Å²) in [5.41, 5.74) is 4.54. The summed E-state index contributed by atoms with van der Waals surface area (Å²) in [4.78, 5) is 4.45. The molecule has 0 aliphatic rings. The zero-order chi connectivity index (χ0) is 15.6. The number of phenols is 1. The maximum Gasteiger partial charge on any atom is 0.204 e. The summed E-state index contributed by atoms with van der Waals surface area (Å²) < 4.78 is 1.11. The fourth-order valence-electron chi connectivity index (χ4n) is 2.43. The Morgan fingerprint density at radius 2 is 1.74 bits per heavy atom. The van der Waals surface area contributed by atoms with E-state index in [9.17, 15) is 5.11 Å². The summed E-state index contributed by atoms with van der Waals surface area (Å²) in [5.74, 6) is 0.207. The summed E-state index contributed by atoms with van der Waals surface area (Å²) in [5, 5.41) is 17.1. The molecule has 0 saturated heterocycles. The first kappa shape index (κ1) is 13.7. The number of nitrogens with zero attached hydrogens (tertiary/aromatic N) is 2. The molecule has 4 nitrogen and oxygen atoms in total. The minimum atomic E-state index is 0.207. The SMILES string of the molecule is Oc1cc2ccccc2cc1/C=N\Nc1nc2ccccc2s1. The summed E-state index contributed by atoms with van der Waals surface area (Å²) in [6, 6.07) is 19.5. The molecule has 0 aliphatic carbocycles. The van der Waals surface area contributed by atoms with Crippen molar-refractivity contribution >= 4 is 43.7 Å². The smallest absolute Gasteiger partial charge is 0.204 e. The first-order valence-electron chi connectivity index (χ1n) is 7.16. The molecule has 0 amide bonds. The van der Waals surface area contributed by atoms with Gasteiger partial charge in [0.15, 0.2) is 0 Å². The summed E-state index contributed by atoms with van der Waals surface area (Å²) >= 11 is 1.54. The number of rotatable bonds is 3. The number of hydrazone groups is 1. The van der Waals surface area contributed by atoms with Gasteiger partial charge in [0, 0.05) is 5.56 Å². The molecule has 1 aromatic heterocycles. The van der Waals surface area contributed by atoms with E-state index in [1.807, 2.05) is 54.6 Å². The molecule has 0 bridgehead atoms. The van der Waals surface area contributed by atoms with Crippen molar-refractivity contribution < 1.29 is 5.11 Å². The second kappa shape index (κ2) is 5.70. The minimum absolute atomic E-state index is 0.207. The second-order valence-corrected chi connectivity index (χ2v) is 6.15. The van der Waals surface area contributed by atoms with E-state index in [4.69, 9.17) is 0 Å². The van der Waals surface area contributed by atoms with Crippen LogP contribution in [0.5, 0.6) is 5.75 Å². The van der Waals surface area contributed by atoms with Crippen LogP contribution in [0.25, 0.3) is 21.0 Å². The molecular weight excluding hydrogens is 306 g/mol. The van der Waals surface area contributed by atoms with Crippen molar-refractivity contribution in [2.75, 3.05) is 5.43 Å². The third kappa shape index (κ3) is 2.74. The molecule has 0 aliphatic heterocycles. The van der Waals surface area contributed by atoms with Gasteiger partial charge in [0.2, 0.25) is 5.13 Å². The van der Waals surface area contributed by atoms with Gasteiger partial charge < -0.3 is 5.11 Å². The predicted molar refractivity (Wildman–Crippen MR) is 96.4 cm³/mol. The molecule has 0 radical (unpaired) electrons. The van der Waals surface area contributed by atoms with Crippen molar-refractivity contribution in [2.24, 2.45) is 5.10 Å². The molecule has 4 rings (SSSR count). The van der Waals surface area contributed by atoms with Crippen LogP contribution < -0.4 is 5.43 Å². The maximum atomic E-state index is 10.1. The molecule has 0 fully saturated rings. The third-order valence-corrected chi connectivity index (χ3v) is 4.49. The Balaban J connectivity index is 1.59. The van der Waals surface area contributed by atoms with Crippen LogP contribution in [0.4, 0.5) is 5.13 Å². The van der Waals surface area contributed by atoms with E-state index >= 15 is 0 Å². The summed E-state index contributed by atoms with van der Waals surface area (Å²) in [7, 11) is 0. The molecule has 112 valence electrons. The van der Waals surface area contributed by atoms with Gasteiger partial charge in [-0.3, -0.25) is 5.43 Å². The molecule has 5 heteroatoms. The van der Waals surface area contributed by atoms with Gasteiger partial charge in [-0.15, -0.1) is 0 Å². The summed E-state index contributed by atoms with van der Waals surface area (Å²) in [6.45, 7) is 0. The highest BCUT2D eigenvalue weighted by Gasteiger charge is 2.03. The largest absolute Gasteiger partial charge is 0.507 e. The van der Waals surface area contributed by atoms with Gasteiger partial charge in [-0.1, -0.05) is 47.7 Å². The standard InChI is InChI=1S/C18H13N3OS/c22-16-10-13-6-2-1-5-12(13)9-14(16)11-19-21-18-20-15-7-3-4-8-17(15)23-18/h1-11,22H,(H,20,21)/b19-11-. The number of hydrogen-bond acceptors (Lipinski definition) is 5. The first-order valence-corrected chi connectivity index (χ1v) is 7.98. The van der Waals surface area contributed by atoms with Crippen LogP contribution in [0.3, 0.4) is 0 Å². The van der Waals surface area contributed by atoms with Gasteiger partial charge in [-0.25, -0.2) is 4.98 Å². The molecule has 3 aromatic carbocycles. The molecule has 2 N–H and O–H groups in total. The van der Waals surface area contributed by atoms with E-state index in [-0.39, 0.29) is 5.75 Å². The van der Waals surface area contributed by atoms with Gasteiger partial charge >= 0.3 is 0 Å². The fraction of sp³-hybridized carbons (Fsp3) is 0. The lowest BCUT2D eigenvalue weighted by Crippen LogP contribution is -1.90. The zero-order valence-electron chi connectivity index (χ0n) is 12.1. The highest BCUT2D eigenvalue weighted by molar-refractivity contribution is 7.22. The molecule has 0 saturated carbocycles. The third-order valence-electron chi connectivity index (χ3n) is 3.55. The van der Waals surface area contributed by atoms with E-state index in [0.717, 1.165) is 26.1 Å². The van der Waals surface area contributed by atoms with Gasteiger partial charge in [0.25, 0.3) is 0 Å². The molecule has 0 unspecified atom stereocenters. The van der Waals surface area contributed by atoms with Crippen molar-refractivity contribution in [3.8, 4) is 5.75 Å². The van der Waals surface area contributed by atoms with Crippen LogP contribution in [-0.2, 0) is 0 Å². The lowest BCUT2D eigenvalue weighted by molar-refractivity contribution is 0.475. The molecule has 4 aromatic rings. The highest BCUT2D eigenvalue weighted by atomic mass is 32.1. The number of phenolic OH excluding ortho intramolecular Hbond substituents is 1. The quantitative estimate of drug-likeness (QED) is 0.428. The van der Waals surface area contributed by atoms with Crippen LogP contribution in [0.1, 0.15) is 5.56 Å². The van der Waals surface area contributed by atoms with E-state index < -0.39 is 0 Å². The normalized spacial score (nSPS) is 11.5. The van der Waals surface area contributed by atoms with Crippen molar-refractivity contribution in [3.63, 3.8) is 0 Å². The Morgan fingerprint density at radius 3 is 2.57 bits per heavy atom. The molecule has 23 heavy (non-hydrogen) atoms. The molecule has 0 atom stereocenters. The van der Waals surface area contributed by atoms with E-state index in [2.05, 4.69) is 15.5 Å². The van der Waals surface area contributed by atoms with Crippen LogP contribution >= 0.6 is 11.3 Å². The van der Waals surface area contributed by atoms with Crippen molar-refractivity contribution in [1.29, 1.82) is 0 Å². The first-order chi connectivity index (χ1) is 11.3. The zero-order valence-corrected chi connectivity index (χ0v) is 12.9. The number of nitrogens with one attached hydrogen (secondary N) is 1. The van der Waals surface area contributed by atoms with E-state index in [1.54, 1.807) is 23.6 Å². The lowest BCUT2D eigenvalue weighted by atomic mass is 10.1. The van der Waals surface area contributed by atoms with Gasteiger partial charge in [-0.2, -0.15) is 5.10 Å². The number of anilines is 1. The monoisotopic (exact) mass is 319 g/mol. The highest BCUT2D eigenvalue weighted by Crippen LogP contribution is 2.26. The van der Waals surface area contributed by atoms with Crippen molar-refractivity contribution in [1.82, 2.24) is 4.98 Å². The number of aromatic hydroxyl groups is 1. The fourth-order valence-corrected chi connectivity index (χ4v) is 3.24.